The van der Waals surface area contributed by atoms with Crippen LogP contribution in [0.5, 0.6) is 5.75 Å². The number of ether oxygens (including phenoxy) is 1. The van der Waals surface area contributed by atoms with Crippen LogP contribution in [0.15, 0.2) is 18.2 Å². The van der Waals surface area contributed by atoms with Crippen molar-refractivity contribution in [3.8, 4) is 5.75 Å². The van der Waals surface area contributed by atoms with Gasteiger partial charge in [-0.2, -0.15) is 5.10 Å². The highest BCUT2D eigenvalue weighted by atomic mass is 16.5. The summed E-state index contributed by atoms with van der Waals surface area (Å²) in [6.45, 7) is 5.04. The smallest absolute Gasteiger partial charge is 0.290 e. The van der Waals surface area contributed by atoms with E-state index in [0.717, 1.165) is 42.7 Å². The molecule has 0 spiro atoms. The number of hydrogen-bond donors (Lipinski definition) is 3. The Morgan fingerprint density at radius 3 is 2.67 bits per heavy atom. The van der Waals surface area contributed by atoms with Crippen molar-refractivity contribution in [2.45, 2.75) is 31.4 Å². The third kappa shape index (κ3) is 4.41. The van der Waals surface area contributed by atoms with Crippen LogP contribution in [0.1, 0.15) is 29.8 Å². The molecule has 3 N–H and O–H groups in total. The molecule has 30 heavy (non-hydrogen) atoms. The van der Waals surface area contributed by atoms with E-state index in [4.69, 9.17) is 14.6 Å². The Bertz CT molecular complexity index is 893. The fourth-order valence-corrected chi connectivity index (χ4v) is 4.79. The van der Waals surface area contributed by atoms with Crippen LogP contribution >= 0.6 is 0 Å². The van der Waals surface area contributed by atoms with Gasteiger partial charge < -0.3 is 25.0 Å². The highest BCUT2D eigenvalue weighted by molar-refractivity contribution is 6.05. The summed E-state index contributed by atoms with van der Waals surface area (Å²) in [7, 11) is 2.11. The van der Waals surface area contributed by atoms with E-state index in [2.05, 4.69) is 32.4 Å². The highest BCUT2D eigenvalue weighted by Gasteiger charge is 2.35. The van der Waals surface area contributed by atoms with E-state index >= 15 is 0 Å². The van der Waals surface area contributed by atoms with Gasteiger partial charge in [-0.05, 0) is 63.5 Å². The van der Waals surface area contributed by atoms with Crippen molar-refractivity contribution >= 4 is 23.3 Å². The third-order valence-electron chi connectivity index (χ3n) is 6.37. The number of aromatic nitrogens is 2. The highest BCUT2D eigenvalue weighted by Crippen LogP contribution is 2.29. The molecule has 162 valence electrons. The van der Waals surface area contributed by atoms with Crippen molar-refractivity contribution in [3.05, 3.63) is 23.9 Å². The van der Waals surface area contributed by atoms with E-state index in [1.165, 1.54) is 25.9 Å². The van der Waals surface area contributed by atoms with E-state index in [9.17, 15) is 4.79 Å². The Morgan fingerprint density at radius 1 is 1.27 bits per heavy atom. The van der Waals surface area contributed by atoms with Gasteiger partial charge in [-0.1, -0.05) is 0 Å². The second kappa shape index (κ2) is 9.01. The number of benzene rings is 1. The molecule has 6 rings (SSSR count). The van der Waals surface area contributed by atoms with Crippen LogP contribution in [-0.2, 0) is 4.79 Å². The van der Waals surface area contributed by atoms with Gasteiger partial charge in [0.1, 0.15) is 11.9 Å². The van der Waals surface area contributed by atoms with Crippen LogP contribution in [0.4, 0.5) is 0 Å². The molecular weight excluding hydrogens is 386 g/mol. The van der Waals surface area contributed by atoms with Crippen molar-refractivity contribution < 1.29 is 19.4 Å². The summed E-state index contributed by atoms with van der Waals surface area (Å²) in [5, 5.41) is 18.2. The molecule has 9 heteroatoms. The van der Waals surface area contributed by atoms with Crippen molar-refractivity contribution in [3.63, 3.8) is 0 Å². The average molecular weight is 415 g/mol. The number of rotatable bonds is 4. The SMILES string of the molecule is CN1CCC(Oc2ccc3[nH]nc(C(=O)N[C@@H]4CN5CCC4CC5)c3c2)C1.O=CO. The Kier molecular flexibility index (Phi) is 6.19. The fraction of sp³-hybridized carbons (Fsp3) is 0.571. The van der Waals surface area contributed by atoms with Gasteiger partial charge >= 0.3 is 0 Å². The van der Waals surface area contributed by atoms with Crippen molar-refractivity contribution in [1.29, 1.82) is 0 Å². The zero-order chi connectivity index (χ0) is 21.1. The number of piperidine rings is 3. The molecule has 4 aliphatic rings. The summed E-state index contributed by atoms with van der Waals surface area (Å²) in [5.41, 5.74) is 1.33. The largest absolute Gasteiger partial charge is 0.489 e. The average Bonchev–Trinajstić information content (AvgIpc) is 3.35. The first-order valence-electron chi connectivity index (χ1n) is 10.5. The third-order valence-corrected chi connectivity index (χ3v) is 6.37. The van der Waals surface area contributed by atoms with Gasteiger partial charge in [0.2, 0.25) is 0 Å². The number of carbonyl (C=O) groups excluding carboxylic acids is 1. The van der Waals surface area contributed by atoms with Gasteiger partial charge in [-0.25, -0.2) is 0 Å². The van der Waals surface area contributed by atoms with E-state index in [1.807, 2.05) is 18.2 Å². The second-order valence-electron chi connectivity index (χ2n) is 8.39. The molecule has 9 nitrogen and oxygen atoms in total. The minimum absolute atomic E-state index is 0.0854. The Morgan fingerprint density at radius 2 is 2.03 bits per heavy atom. The number of nitrogens with zero attached hydrogens (tertiary/aromatic N) is 3. The quantitative estimate of drug-likeness (QED) is 0.643. The maximum atomic E-state index is 12.9. The Hall–Kier alpha value is -2.65. The van der Waals surface area contributed by atoms with Crippen LogP contribution < -0.4 is 10.1 Å². The predicted molar refractivity (Wildman–Crippen MR) is 112 cm³/mol. The molecule has 4 fully saturated rings. The number of likely N-dealkylation sites (N-methyl/N-ethyl adjacent to an activating group) is 1. The molecule has 2 aromatic rings. The molecule has 0 saturated carbocycles. The van der Waals surface area contributed by atoms with Crippen LogP contribution in [0.2, 0.25) is 0 Å². The Balaban J connectivity index is 0.000000687. The molecule has 1 unspecified atom stereocenters. The monoisotopic (exact) mass is 415 g/mol. The Labute approximate surface area is 175 Å². The first-order valence-corrected chi connectivity index (χ1v) is 10.5. The first-order chi connectivity index (χ1) is 14.6. The number of fused-ring (bicyclic) bond motifs is 4. The summed E-state index contributed by atoms with van der Waals surface area (Å²) in [4.78, 5) is 26.0. The molecule has 1 aromatic carbocycles. The van der Waals surface area contributed by atoms with E-state index in [0.29, 0.717) is 11.6 Å². The lowest BCUT2D eigenvalue weighted by atomic mass is 9.84. The molecular formula is C21H29N5O4. The van der Waals surface area contributed by atoms with Gasteiger partial charge in [0.25, 0.3) is 12.4 Å². The lowest BCUT2D eigenvalue weighted by Crippen LogP contribution is -2.57. The van der Waals surface area contributed by atoms with Gasteiger partial charge in [0.05, 0.1) is 5.52 Å². The lowest BCUT2D eigenvalue weighted by molar-refractivity contribution is -0.122. The number of amides is 1. The summed E-state index contributed by atoms with van der Waals surface area (Å²) in [6.07, 6.45) is 3.61. The second-order valence-corrected chi connectivity index (χ2v) is 8.39. The molecule has 0 radical (unpaired) electrons. The number of hydrogen-bond acceptors (Lipinski definition) is 6. The first kappa shape index (κ1) is 20.6. The zero-order valence-electron chi connectivity index (χ0n) is 17.2. The van der Waals surface area contributed by atoms with Gasteiger partial charge in [0.15, 0.2) is 5.69 Å². The standard InChI is InChI=1S/C20H27N5O2.CH2O2/c1-24-7-6-15(11-24)27-14-2-3-17-16(10-14)19(23-22-17)20(26)21-18-12-25-8-4-13(18)5-9-25;2-1-3/h2-3,10,13,15,18H,4-9,11-12H2,1H3,(H,21,26)(H,22,23);1H,(H,2,3)/t15?,18-;/m1./s1. The summed E-state index contributed by atoms with van der Waals surface area (Å²) in [6, 6.07) is 6.08. The summed E-state index contributed by atoms with van der Waals surface area (Å²) >= 11 is 0. The molecule has 1 aromatic heterocycles. The topological polar surface area (TPSA) is 111 Å². The number of aromatic amines is 1. The zero-order valence-corrected chi connectivity index (χ0v) is 17.2. The van der Waals surface area contributed by atoms with Crippen LogP contribution in [0, 0.1) is 5.92 Å². The van der Waals surface area contributed by atoms with Gasteiger partial charge in [-0.3, -0.25) is 14.7 Å². The van der Waals surface area contributed by atoms with Gasteiger partial charge in [-0.15, -0.1) is 0 Å². The number of carboxylic acid groups (broad SMARTS) is 1. The molecule has 2 bridgehead atoms. The molecule has 4 saturated heterocycles. The maximum absolute atomic E-state index is 12.9. The van der Waals surface area contributed by atoms with Crippen LogP contribution in [0.25, 0.3) is 10.9 Å². The number of nitrogens with one attached hydrogen (secondary N) is 2. The molecule has 4 aliphatic heterocycles. The van der Waals surface area contributed by atoms with Crippen molar-refractivity contribution in [2.75, 3.05) is 39.8 Å². The van der Waals surface area contributed by atoms with Crippen molar-refractivity contribution in [2.24, 2.45) is 5.92 Å². The molecule has 2 atom stereocenters. The minimum Gasteiger partial charge on any atom is -0.489 e. The van der Waals surface area contributed by atoms with E-state index in [-0.39, 0.29) is 24.5 Å². The van der Waals surface area contributed by atoms with Gasteiger partial charge in [0, 0.05) is 31.1 Å². The van der Waals surface area contributed by atoms with Crippen LogP contribution in [0.3, 0.4) is 0 Å². The molecule has 1 amide bonds. The predicted octanol–water partition coefficient (Wildman–Crippen LogP) is 1.17. The summed E-state index contributed by atoms with van der Waals surface area (Å²) in [5.74, 6) is 1.32. The normalized spacial score (nSPS) is 28.0. The molecule has 5 heterocycles. The fourth-order valence-electron chi connectivity index (χ4n) is 4.79. The minimum atomic E-state index is -0.250. The van der Waals surface area contributed by atoms with Crippen LogP contribution in [-0.4, -0.2) is 89.4 Å². The number of carbonyl (C=O) groups is 2. The summed E-state index contributed by atoms with van der Waals surface area (Å²) < 4.78 is 6.13. The van der Waals surface area contributed by atoms with Crippen molar-refractivity contribution in [1.82, 2.24) is 25.3 Å². The number of H-pyrrole nitrogens is 1. The maximum Gasteiger partial charge on any atom is 0.290 e. The lowest BCUT2D eigenvalue weighted by Gasteiger charge is -2.44. The molecule has 0 aliphatic carbocycles. The van der Waals surface area contributed by atoms with E-state index < -0.39 is 0 Å². The number of likely N-dealkylation sites (tertiary alicyclic amines) is 1. The van der Waals surface area contributed by atoms with E-state index in [1.54, 1.807) is 0 Å².